The number of hydrogen-bond acceptors (Lipinski definition) is 7. The first-order valence-corrected chi connectivity index (χ1v) is 9.10. The second-order valence-electron chi connectivity index (χ2n) is 6.83. The lowest BCUT2D eigenvalue weighted by Crippen LogP contribution is -2.30. The molecule has 0 aliphatic rings. The molecule has 1 atom stereocenters. The summed E-state index contributed by atoms with van der Waals surface area (Å²) in [5.74, 6) is 0.934. The maximum absolute atomic E-state index is 12.4. The van der Waals surface area contributed by atoms with E-state index in [9.17, 15) is 9.59 Å². The molecule has 9 nitrogen and oxygen atoms in total. The Bertz CT molecular complexity index is 905. The number of carbonyl (C=O) groups is 2. The molecule has 146 valence electrons. The van der Waals surface area contributed by atoms with Crippen LogP contribution in [0.25, 0.3) is 11.6 Å². The first-order chi connectivity index (χ1) is 13.5. The van der Waals surface area contributed by atoms with Crippen LogP contribution in [0.2, 0.25) is 0 Å². The number of nitrogens with zero attached hydrogens (tertiary/aromatic N) is 4. The molecule has 0 bridgehead atoms. The van der Waals surface area contributed by atoms with E-state index in [0.717, 1.165) is 0 Å². The summed E-state index contributed by atoms with van der Waals surface area (Å²) in [5, 5.41) is 13.2. The van der Waals surface area contributed by atoms with Crippen LogP contribution in [0.4, 0.5) is 0 Å². The van der Waals surface area contributed by atoms with E-state index in [-0.39, 0.29) is 36.3 Å². The fourth-order valence-electron chi connectivity index (χ4n) is 2.74. The van der Waals surface area contributed by atoms with E-state index in [1.54, 1.807) is 24.3 Å². The first kappa shape index (κ1) is 19.4. The van der Waals surface area contributed by atoms with Gasteiger partial charge in [-0.3, -0.25) is 14.7 Å². The molecule has 28 heavy (non-hydrogen) atoms. The van der Waals surface area contributed by atoms with Crippen molar-refractivity contribution in [2.24, 2.45) is 5.92 Å². The number of aromatic amines is 1. The van der Waals surface area contributed by atoms with E-state index in [1.807, 2.05) is 19.9 Å². The Hall–Kier alpha value is -3.36. The van der Waals surface area contributed by atoms with Crippen molar-refractivity contribution < 1.29 is 14.1 Å². The third kappa shape index (κ3) is 5.09. The maximum Gasteiger partial charge on any atom is 0.249 e. The van der Waals surface area contributed by atoms with Gasteiger partial charge in [-0.1, -0.05) is 49.3 Å². The minimum absolute atomic E-state index is 0.0680. The summed E-state index contributed by atoms with van der Waals surface area (Å²) in [6.45, 7) is 4.07. The van der Waals surface area contributed by atoms with Gasteiger partial charge in [-0.05, 0) is 12.3 Å². The molecule has 2 N–H and O–H groups in total. The number of ketones is 1. The topological polar surface area (TPSA) is 127 Å². The standard InChI is InChI=1S/C19H22N6O3/c1-12(2)10-14(19-23-18(25-28-19)17-20-11-21-24-17)22-16(27)9-8-15(26)13-6-4-3-5-7-13/h3-7,11-12,14H,8-10H2,1-2H3,(H,22,27)(H,20,21,24)/t14-/m1/s1. The smallest absolute Gasteiger partial charge is 0.249 e. The van der Waals surface area contributed by atoms with Crippen molar-refractivity contribution in [1.82, 2.24) is 30.6 Å². The van der Waals surface area contributed by atoms with Crippen LogP contribution >= 0.6 is 0 Å². The number of Topliss-reactive ketones (excluding diaryl/α,β-unsaturated/α-hetero) is 1. The average molecular weight is 382 g/mol. The van der Waals surface area contributed by atoms with Crippen LogP contribution in [0, 0.1) is 5.92 Å². The third-order valence-electron chi connectivity index (χ3n) is 4.08. The van der Waals surface area contributed by atoms with Crippen LogP contribution in [0.15, 0.2) is 41.2 Å². The molecule has 2 aromatic heterocycles. The number of benzene rings is 1. The minimum atomic E-state index is -0.441. The number of rotatable bonds is 9. The van der Waals surface area contributed by atoms with Crippen molar-refractivity contribution in [1.29, 1.82) is 0 Å². The molecule has 3 aromatic rings. The normalized spacial score (nSPS) is 12.1. The minimum Gasteiger partial charge on any atom is -0.344 e. The van der Waals surface area contributed by atoms with Crippen molar-refractivity contribution in [3.05, 3.63) is 48.1 Å². The molecule has 0 saturated heterocycles. The van der Waals surface area contributed by atoms with Crippen molar-refractivity contribution in [3.8, 4) is 11.6 Å². The zero-order chi connectivity index (χ0) is 19.9. The van der Waals surface area contributed by atoms with Gasteiger partial charge >= 0.3 is 0 Å². The molecule has 9 heteroatoms. The lowest BCUT2D eigenvalue weighted by Gasteiger charge is -2.17. The molecule has 2 heterocycles. The van der Waals surface area contributed by atoms with Crippen molar-refractivity contribution >= 4 is 11.7 Å². The van der Waals surface area contributed by atoms with Gasteiger partial charge in [0.05, 0.1) is 0 Å². The Morgan fingerprint density at radius 2 is 1.96 bits per heavy atom. The van der Waals surface area contributed by atoms with Gasteiger partial charge in [-0.15, -0.1) is 0 Å². The second-order valence-corrected chi connectivity index (χ2v) is 6.83. The van der Waals surface area contributed by atoms with Crippen LogP contribution in [0.1, 0.15) is 55.4 Å². The van der Waals surface area contributed by atoms with Crippen molar-refractivity contribution in [3.63, 3.8) is 0 Å². The van der Waals surface area contributed by atoms with E-state index in [0.29, 0.717) is 23.7 Å². The average Bonchev–Trinajstić information content (AvgIpc) is 3.37. The fourth-order valence-corrected chi connectivity index (χ4v) is 2.74. The van der Waals surface area contributed by atoms with Gasteiger partial charge < -0.3 is 9.84 Å². The quantitative estimate of drug-likeness (QED) is 0.545. The van der Waals surface area contributed by atoms with Gasteiger partial charge in [0, 0.05) is 18.4 Å². The highest BCUT2D eigenvalue weighted by molar-refractivity contribution is 5.97. The van der Waals surface area contributed by atoms with Gasteiger partial charge in [-0.25, -0.2) is 4.98 Å². The summed E-state index contributed by atoms with van der Waals surface area (Å²) in [5.41, 5.74) is 0.600. The van der Waals surface area contributed by atoms with Crippen LogP contribution in [-0.2, 0) is 4.79 Å². The molecule has 0 aliphatic heterocycles. The van der Waals surface area contributed by atoms with Gasteiger partial charge in [0.15, 0.2) is 11.6 Å². The Kier molecular flexibility index (Phi) is 6.25. The van der Waals surface area contributed by atoms with E-state index in [2.05, 4.69) is 30.6 Å². The number of carbonyl (C=O) groups excluding carboxylic acids is 2. The number of nitrogens with one attached hydrogen (secondary N) is 2. The molecule has 3 rings (SSSR count). The van der Waals surface area contributed by atoms with E-state index >= 15 is 0 Å². The second kappa shape index (κ2) is 9.03. The number of hydrogen-bond donors (Lipinski definition) is 2. The van der Waals surface area contributed by atoms with Gasteiger partial charge in [0.1, 0.15) is 12.4 Å². The fraction of sp³-hybridized carbons (Fsp3) is 0.368. The molecule has 0 radical (unpaired) electrons. The van der Waals surface area contributed by atoms with Gasteiger partial charge in [-0.2, -0.15) is 10.1 Å². The van der Waals surface area contributed by atoms with Crippen molar-refractivity contribution in [2.45, 2.75) is 39.2 Å². The maximum atomic E-state index is 12.4. The molecule has 0 unspecified atom stereocenters. The van der Waals surface area contributed by atoms with Crippen LogP contribution < -0.4 is 5.32 Å². The van der Waals surface area contributed by atoms with Crippen LogP contribution in [-0.4, -0.2) is 37.0 Å². The largest absolute Gasteiger partial charge is 0.344 e. The lowest BCUT2D eigenvalue weighted by atomic mass is 10.0. The predicted octanol–water partition coefficient (Wildman–Crippen LogP) is 2.72. The summed E-state index contributed by atoms with van der Waals surface area (Å²) >= 11 is 0. The highest BCUT2D eigenvalue weighted by Crippen LogP contribution is 2.22. The van der Waals surface area contributed by atoms with Crippen LogP contribution in [0.5, 0.6) is 0 Å². The summed E-state index contributed by atoms with van der Waals surface area (Å²) in [4.78, 5) is 32.9. The predicted molar refractivity (Wildman–Crippen MR) is 100 cm³/mol. The Morgan fingerprint density at radius 1 is 1.18 bits per heavy atom. The van der Waals surface area contributed by atoms with E-state index in [1.165, 1.54) is 6.33 Å². The number of amides is 1. The van der Waals surface area contributed by atoms with Crippen LogP contribution in [0.3, 0.4) is 0 Å². The SMILES string of the molecule is CC(C)C[C@@H](NC(=O)CCC(=O)c1ccccc1)c1nc(-c2ncn[nH]2)no1. The highest BCUT2D eigenvalue weighted by Gasteiger charge is 2.23. The number of aromatic nitrogens is 5. The number of H-pyrrole nitrogens is 1. The monoisotopic (exact) mass is 382 g/mol. The van der Waals surface area contributed by atoms with E-state index in [4.69, 9.17) is 4.52 Å². The van der Waals surface area contributed by atoms with Crippen molar-refractivity contribution in [2.75, 3.05) is 0 Å². The van der Waals surface area contributed by atoms with E-state index < -0.39 is 6.04 Å². The summed E-state index contributed by atoms with van der Waals surface area (Å²) < 4.78 is 5.32. The molecule has 0 fully saturated rings. The Morgan fingerprint density at radius 3 is 2.64 bits per heavy atom. The Labute approximate surface area is 162 Å². The summed E-state index contributed by atoms with van der Waals surface area (Å²) in [6.07, 6.45) is 2.20. The van der Waals surface area contributed by atoms with Gasteiger partial charge in [0.2, 0.25) is 17.6 Å². The third-order valence-corrected chi connectivity index (χ3v) is 4.08. The molecule has 0 saturated carbocycles. The summed E-state index contributed by atoms with van der Waals surface area (Å²) in [6, 6.07) is 8.48. The molecular formula is C19H22N6O3. The molecule has 1 aromatic carbocycles. The zero-order valence-corrected chi connectivity index (χ0v) is 15.8. The van der Waals surface area contributed by atoms with Gasteiger partial charge in [0.25, 0.3) is 0 Å². The zero-order valence-electron chi connectivity index (χ0n) is 15.8. The summed E-state index contributed by atoms with van der Waals surface area (Å²) in [7, 11) is 0. The lowest BCUT2D eigenvalue weighted by molar-refractivity contribution is -0.122. The Balaban J connectivity index is 1.62. The highest BCUT2D eigenvalue weighted by atomic mass is 16.5. The molecular weight excluding hydrogens is 360 g/mol. The molecule has 0 spiro atoms. The first-order valence-electron chi connectivity index (χ1n) is 9.10. The molecule has 1 amide bonds. The molecule has 0 aliphatic carbocycles.